The van der Waals surface area contributed by atoms with Crippen molar-refractivity contribution in [3.63, 3.8) is 0 Å². The van der Waals surface area contributed by atoms with Gasteiger partial charge in [0.1, 0.15) is 5.75 Å². The van der Waals surface area contributed by atoms with Gasteiger partial charge in [0.25, 0.3) is 5.91 Å². The predicted molar refractivity (Wildman–Crippen MR) is 116 cm³/mol. The second-order valence-electron chi connectivity index (χ2n) is 9.26. The van der Waals surface area contributed by atoms with E-state index in [0.29, 0.717) is 34.2 Å². The Hall–Kier alpha value is -2.28. The van der Waals surface area contributed by atoms with Gasteiger partial charge in [0.15, 0.2) is 6.61 Å². The SMILES string of the molecule is COc1ccc(Cl)cc1NC(=O)COC(=O)CCNC(=O)C12CC3CC(CC(C3)C1)C2. The van der Waals surface area contributed by atoms with E-state index in [1.54, 1.807) is 18.2 Å². The van der Waals surface area contributed by atoms with E-state index in [0.717, 1.165) is 19.3 Å². The first kappa shape index (κ1) is 21.9. The van der Waals surface area contributed by atoms with Crippen LogP contribution in [0.15, 0.2) is 18.2 Å². The van der Waals surface area contributed by atoms with E-state index in [-0.39, 0.29) is 24.3 Å². The Morgan fingerprint density at radius 3 is 2.35 bits per heavy atom. The molecular weight excluding hydrogens is 420 g/mol. The van der Waals surface area contributed by atoms with E-state index in [4.69, 9.17) is 21.1 Å². The molecule has 0 saturated heterocycles. The van der Waals surface area contributed by atoms with Gasteiger partial charge in [0.05, 0.1) is 19.2 Å². The summed E-state index contributed by atoms with van der Waals surface area (Å²) in [5.41, 5.74) is 0.174. The molecule has 0 unspecified atom stereocenters. The van der Waals surface area contributed by atoms with Gasteiger partial charge < -0.3 is 20.1 Å². The number of anilines is 1. The lowest BCUT2D eigenvalue weighted by molar-refractivity contribution is -0.148. The van der Waals surface area contributed by atoms with Crippen LogP contribution in [-0.2, 0) is 19.1 Å². The van der Waals surface area contributed by atoms with Crippen molar-refractivity contribution in [3.8, 4) is 5.75 Å². The van der Waals surface area contributed by atoms with E-state index < -0.39 is 18.5 Å². The number of esters is 1. The van der Waals surface area contributed by atoms with E-state index in [1.165, 1.54) is 26.4 Å². The Labute approximate surface area is 187 Å². The molecule has 31 heavy (non-hydrogen) atoms. The summed E-state index contributed by atoms with van der Waals surface area (Å²) in [6.07, 6.45) is 6.84. The average Bonchev–Trinajstić information content (AvgIpc) is 2.71. The van der Waals surface area contributed by atoms with Gasteiger partial charge in [-0.1, -0.05) is 11.6 Å². The molecule has 4 aliphatic rings. The zero-order valence-electron chi connectivity index (χ0n) is 17.7. The molecule has 0 spiro atoms. The molecule has 0 radical (unpaired) electrons. The summed E-state index contributed by atoms with van der Waals surface area (Å²) < 4.78 is 10.2. The first-order valence-electron chi connectivity index (χ1n) is 10.9. The minimum Gasteiger partial charge on any atom is -0.495 e. The van der Waals surface area contributed by atoms with Crippen molar-refractivity contribution < 1.29 is 23.9 Å². The molecule has 1 aromatic carbocycles. The number of hydrogen-bond acceptors (Lipinski definition) is 5. The van der Waals surface area contributed by atoms with Gasteiger partial charge in [-0.3, -0.25) is 14.4 Å². The number of benzene rings is 1. The number of nitrogens with one attached hydrogen (secondary N) is 2. The maximum atomic E-state index is 12.9. The maximum absolute atomic E-state index is 12.9. The van der Waals surface area contributed by atoms with Crippen molar-refractivity contribution in [1.82, 2.24) is 5.32 Å². The summed E-state index contributed by atoms with van der Waals surface area (Å²) in [5.74, 6) is 1.60. The maximum Gasteiger partial charge on any atom is 0.308 e. The summed E-state index contributed by atoms with van der Waals surface area (Å²) in [7, 11) is 1.48. The molecule has 4 bridgehead atoms. The number of hydrogen-bond donors (Lipinski definition) is 2. The van der Waals surface area contributed by atoms with E-state index in [9.17, 15) is 14.4 Å². The molecule has 1 aromatic rings. The molecule has 5 rings (SSSR count). The topological polar surface area (TPSA) is 93.7 Å². The smallest absolute Gasteiger partial charge is 0.308 e. The standard InChI is InChI=1S/C23H29ClN2O5/c1-30-19-3-2-17(24)9-18(19)26-20(27)13-31-21(28)4-5-25-22(29)23-10-14-6-15(11-23)8-16(7-14)12-23/h2-3,9,14-16H,4-8,10-13H2,1H3,(H,25,29)(H,26,27). The molecule has 7 nitrogen and oxygen atoms in total. The highest BCUT2D eigenvalue weighted by Gasteiger charge is 2.54. The molecular formula is C23H29ClN2O5. The zero-order chi connectivity index (χ0) is 22.0. The van der Waals surface area contributed by atoms with Crippen LogP contribution in [0.4, 0.5) is 5.69 Å². The van der Waals surface area contributed by atoms with Crippen LogP contribution in [0.3, 0.4) is 0 Å². The van der Waals surface area contributed by atoms with Gasteiger partial charge in [0, 0.05) is 17.0 Å². The quantitative estimate of drug-likeness (QED) is 0.593. The fourth-order valence-corrected chi connectivity index (χ4v) is 6.21. The second-order valence-corrected chi connectivity index (χ2v) is 9.69. The van der Waals surface area contributed by atoms with Crippen molar-refractivity contribution in [2.75, 3.05) is 25.6 Å². The van der Waals surface area contributed by atoms with Crippen molar-refractivity contribution in [1.29, 1.82) is 0 Å². The lowest BCUT2D eigenvalue weighted by Crippen LogP contribution is -2.53. The molecule has 4 fully saturated rings. The monoisotopic (exact) mass is 448 g/mol. The van der Waals surface area contributed by atoms with Crippen molar-refractivity contribution >= 4 is 35.1 Å². The number of rotatable bonds is 8. The minimum absolute atomic E-state index is 0.0336. The van der Waals surface area contributed by atoms with Crippen LogP contribution in [-0.4, -0.2) is 38.0 Å². The van der Waals surface area contributed by atoms with Gasteiger partial charge in [-0.25, -0.2) is 0 Å². The fourth-order valence-electron chi connectivity index (χ4n) is 6.04. The zero-order valence-corrected chi connectivity index (χ0v) is 18.5. The Morgan fingerprint density at radius 2 is 1.74 bits per heavy atom. The molecule has 2 amide bonds. The van der Waals surface area contributed by atoms with Crippen molar-refractivity contribution in [2.24, 2.45) is 23.2 Å². The summed E-state index contributed by atoms with van der Waals surface area (Å²) >= 11 is 5.94. The normalized spacial score (nSPS) is 28.1. The Morgan fingerprint density at radius 1 is 1.10 bits per heavy atom. The Kier molecular flexibility index (Phi) is 6.42. The molecule has 0 aromatic heterocycles. The highest BCUT2D eigenvalue weighted by molar-refractivity contribution is 6.31. The molecule has 0 atom stereocenters. The molecule has 0 heterocycles. The lowest BCUT2D eigenvalue weighted by Gasteiger charge is -2.55. The lowest BCUT2D eigenvalue weighted by atomic mass is 9.49. The Bertz CT molecular complexity index is 836. The molecule has 2 N–H and O–H groups in total. The third-order valence-electron chi connectivity index (χ3n) is 6.93. The van der Waals surface area contributed by atoms with Crippen LogP contribution in [0.5, 0.6) is 5.75 Å². The number of methoxy groups -OCH3 is 1. The van der Waals surface area contributed by atoms with Crippen LogP contribution in [0, 0.1) is 23.2 Å². The molecule has 0 aliphatic heterocycles. The van der Waals surface area contributed by atoms with Crippen LogP contribution in [0.1, 0.15) is 44.9 Å². The van der Waals surface area contributed by atoms with Gasteiger partial charge in [-0.2, -0.15) is 0 Å². The van der Waals surface area contributed by atoms with Gasteiger partial charge >= 0.3 is 5.97 Å². The highest BCUT2D eigenvalue weighted by Crippen LogP contribution is 2.60. The number of carbonyl (C=O) groups excluding carboxylic acids is 3. The number of carbonyl (C=O) groups is 3. The van der Waals surface area contributed by atoms with Crippen LogP contribution in [0.2, 0.25) is 5.02 Å². The Balaban J connectivity index is 1.18. The second kappa shape index (κ2) is 9.07. The van der Waals surface area contributed by atoms with E-state index >= 15 is 0 Å². The third-order valence-corrected chi connectivity index (χ3v) is 7.17. The summed E-state index contributed by atoms with van der Waals surface area (Å²) in [4.78, 5) is 37.0. The first-order chi connectivity index (χ1) is 14.9. The van der Waals surface area contributed by atoms with Gasteiger partial charge in [-0.15, -0.1) is 0 Å². The number of amides is 2. The first-order valence-corrected chi connectivity index (χ1v) is 11.3. The van der Waals surface area contributed by atoms with E-state index in [1.807, 2.05) is 0 Å². The fraction of sp³-hybridized carbons (Fsp3) is 0.609. The predicted octanol–water partition coefficient (Wildman–Crippen LogP) is 3.55. The third kappa shape index (κ3) is 4.97. The number of ether oxygens (including phenoxy) is 2. The van der Waals surface area contributed by atoms with Crippen molar-refractivity contribution in [3.05, 3.63) is 23.2 Å². The highest BCUT2D eigenvalue weighted by atomic mass is 35.5. The van der Waals surface area contributed by atoms with Crippen molar-refractivity contribution in [2.45, 2.75) is 44.9 Å². The molecule has 168 valence electrons. The number of halogens is 1. The minimum atomic E-state index is -0.529. The molecule has 4 aliphatic carbocycles. The van der Waals surface area contributed by atoms with Gasteiger partial charge in [-0.05, 0) is 74.5 Å². The van der Waals surface area contributed by atoms with Crippen LogP contribution >= 0.6 is 11.6 Å². The van der Waals surface area contributed by atoms with Gasteiger partial charge in [0.2, 0.25) is 5.91 Å². The average molecular weight is 449 g/mol. The summed E-state index contributed by atoms with van der Waals surface area (Å²) in [5, 5.41) is 6.01. The van der Waals surface area contributed by atoms with E-state index in [2.05, 4.69) is 10.6 Å². The van der Waals surface area contributed by atoms with Crippen LogP contribution in [0.25, 0.3) is 0 Å². The van der Waals surface area contributed by atoms with Crippen LogP contribution < -0.4 is 15.4 Å². The largest absolute Gasteiger partial charge is 0.495 e. The summed E-state index contributed by atoms with van der Waals surface area (Å²) in [6.45, 7) is -0.194. The molecule has 8 heteroatoms. The molecule has 4 saturated carbocycles. The summed E-state index contributed by atoms with van der Waals surface area (Å²) in [6, 6.07) is 4.84.